The minimum absolute atomic E-state index is 0.0383. The van der Waals surface area contributed by atoms with Crippen molar-refractivity contribution in [3.05, 3.63) is 92.9 Å². The lowest BCUT2D eigenvalue weighted by Crippen LogP contribution is -2.21. The summed E-state index contributed by atoms with van der Waals surface area (Å²) in [5, 5.41) is 17.3. The molecule has 2 N–H and O–H groups in total. The zero-order valence-corrected chi connectivity index (χ0v) is 16.1. The van der Waals surface area contributed by atoms with Gasteiger partial charge in [0, 0.05) is 28.0 Å². The van der Waals surface area contributed by atoms with Gasteiger partial charge in [-0.05, 0) is 59.3 Å². The number of benzene rings is 3. The molecule has 0 radical (unpaired) electrons. The molecule has 6 nitrogen and oxygen atoms in total. The first-order valence-electron chi connectivity index (χ1n) is 8.20. The number of anilines is 2. The number of halogens is 1. The highest BCUT2D eigenvalue weighted by atomic mass is 79.9. The number of hydrogen-bond acceptors (Lipinski definition) is 3. The predicted molar refractivity (Wildman–Crippen MR) is 113 cm³/mol. The van der Waals surface area contributed by atoms with Gasteiger partial charge in [-0.25, -0.2) is 4.99 Å². The van der Waals surface area contributed by atoms with Crippen LogP contribution in [0.2, 0.25) is 0 Å². The Morgan fingerprint density at radius 2 is 1.48 bits per heavy atom. The van der Waals surface area contributed by atoms with Gasteiger partial charge in [-0.2, -0.15) is 0 Å². The molecule has 0 atom stereocenters. The van der Waals surface area contributed by atoms with Gasteiger partial charge in [0.25, 0.3) is 5.69 Å². The van der Waals surface area contributed by atoms with Gasteiger partial charge in [0.15, 0.2) is 0 Å². The second-order valence-electron chi connectivity index (χ2n) is 5.83. The molecule has 27 heavy (non-hydrogen) atoms. The summed E-state index contributed by atoms with van der Waals surface area (Å²) < 4.78 is 0.860. The highest BCUT2D eigenvalue weighted by Crippen LogP contribution is 2.25. The Kier molecular flexibility index (Phi) is 5.83. The second-order valence-corrected chi connectivity index (χ2v) is 6.69. The van der Waals surface area contributed by atoms with Crippen LogP contribution in [-0.4, -0.2) is 10.9 Å². The first-order chi connectivity index (χ1) is 13.0. The summed E-state index contributed by atoms with van der Waals surface area (Å²) >= 11 is 3.49. The van der Waals surface area contributed by atoms with E-state index in [0.29, 0.717) is 11.6 Å². The third-order valence-electron chi connectivity index (χ3n) is 3.74. The second kappa shape index (κ2) is 8.46. The van der Waals surface area contributed by atoms with Crippen LogP contribution >= 0.6 is 15.9 Å². The summed E-state index contributed by atoms with van der Waals surface area (Å²) in [6.07, 6.45) is 0. The molecule has 0 aliphatic carbocycles. The summed E-state index contributed by atoms with van der Waals surface area (Å²) in [4.78, 5) is 15.0. The molecule has 3 aromatic carbocycles. The van der Waals surface area contributed by atoms with Gasteiger partial charge >= 0.3 is 0 Å². The largest absolute Gasteiger partial charge is 0.326 e. The van der Waals surface area contributed by atoms with Crippen molar-refractivity contribution >= 4 is 44.6 Å². The van der Waals surface area contributed by atoms with Gasteiger partial charge in [-0.3, -0.25) is 10.1 Å². The Bertz CT molecular complexity index is 970. The van der Waals surface area contributed by atoms with Crippen LogP contribution in [0.15, 0.2) is 82.3 Å². The molecule has 0 aliphatic heterocycles. The van der Waals surface area contributed by atoms with Gasteiger partial charge in [0.2, 0.25) is 5.96 Å². The van der Waals surface area contributed by atoms with Crippen LogP contribution in [0.1, 0.15) is 5.56 Å². The van der Waals surface area contributed by atoms with Gasteiger partial charge in [-0.1, -0.05) is 29.8 Å². The van der Waals surface area contributed by atoms with Crippen molar-refractivity contribution in [1.29, 1.82) is 0 Å². The molecule has 136 valence electrons. The lowest BCUT2D eigenvalue weighted by atomic mass is 10.2. The quantitative estimate of drug-likeness (QED) is 0.237. The highest BCUT2D eigenvalue weighted by Gasteiger charge is 2.07. The van der Waals surface area contributed by atoms with E-state index in [9.17, 15) is 10.1 Å². The Balaban J connectivity index is 1.90. The van der Waals surface area contributed by atoms with Crippen LogP contribution in [0.25, 0.3) is 0 Å². The lowest BCUT2D eigenvalue weighted by Gasteiger charge is -2.13. The van der Waals surface area contributed by atoms with Crippen LogP contribution in [0.4, 0.5) is 22.7 Å². The predicted octanol–water partition coefficient (Wildman–Crippen LogP) is 5.88. The maximum atomic E-state index is 10.8. The van der Waals surface area contributed by atoms with Crippen LogP contribution in [-0.2, 0) is 0 Å². The van der Waals surface area contributed by atoms with Gasteiger partial charge < -0.3 is 10.6 Å². The molecule has 7 heteroatoms. The maximum absolute atomic E-state index is 10.8. The number of nitro groups is 1. The smallest absolute Gasteiger partial charge is 0.269 e. The summed E-state index contributed by atoms with van der Waals surface area (Å²) in [7, 11) is 0. The fourth-order valence-electron chi connectivity index (χ4n) is 2.33. The number of hydrogen-bond donors (Lipinski definition) is 2. The normalized spacial score (nSPS) is 11.1. The minimum atomic E-state index is -0.426. The van der Waals surface area contributed by atoms with Crippen LogP contribution in [0, 0.1) is 17.0 Å². The Labute approximate surface area is 165 Å². The fourth-order valence-corrected chi connectivity index (χ4v) is 2.70. The van der Waals surface area contributed by atoms with Crippen molar-refractivity contribution < 1.29 is 4.92 Å². The molecular weight excluding hydrogens is 408 g/mol. The standard InChI is InChI=1S/C20H17BrN4O2/c1-14-6-8-15(9-7-14)22-20(24-19-5-3-2-4-18(19)21)23-16-10-12-17(13-11-16)25(26)27/h2-13H,1H3,(H2,22,23,24). The van der Waals surface area contributed by atoms with Crippen LogP contribution < -0.4 is 10.6 Å². The average Bonchev–Trinajstić information content (AvgIpc) is 2.66. The van der Waals surface area contributed by atoms with Crippen LogP contribution in [0.5, 0.6) is 0 Å². The van der Waals surface area contributed by atoms with Gasteiger partial charge in [0.1, 0.15) is 0 Å². The molecule has 3 rings (SSSR count). The van der Waals surface area contributed by atoms with E-state index in [1.54, 1.807) is 12.1 Å². The summed E-state index contributed by atoms with van der Waals surface area (Å²) in [6.45, 7) is 2.02. The van der Waals surface area contributed by atoms with E-state index >= 15 is 0 Å². The maximum Gasteiger partial charge on any atom is 0.269 e. The van der Waals surface area contributed by atoms with E-state index in [1.807, 2.05) is 55.5 Å². The van der Waals surface area contributed by atoms with Crippen LogP contribution in [0.3, 0.4) is 0 Å². The fraction of sp³-hybridized carbons (Fsp3) is 0.0500. The number of para-hydroxylation sites is 1. The summed E-state index contributed by atoms with van der Waals surface area (Å²) in [5.74, 6) is 0.500. The topological polar surface area (TPSA) is 79.6 Å². The summed E-state index contributed by atoms with van der Waals surface area (Å²) in [5.41, 5.74) is 3.51. The number of guanidine groups is 1. The van der Waals surface area contributed by atoms with E-state index in [2.05, 4.69) is 31.6 Å². The lowest BCUT2D eigenvalue weighted by molar-refractivity contribution is -0.384. The first kappa shape index (κ1) is 18.6. The van der Waals surface area contributed by atoms with Crippen molar-refractivity contribution in [2.45, 2.75) is 6.92 Å². The van der Waals surface area contributed by atoms with Crippen molar-refractivity contribution in [3.63, 3.8) is 0 Å². The van der Waals surface area contributed by atoms with E-state index in [4.69, 9.17) is 0 Å². The molecule has 0 amide bonds. The first-order valence-corrected chi connectivity index (χ1v) is 8.99. The Hall–Kier alpha value is -3.19. The number of nitrogens with zero attached hydrogens (tertiary/aromatic N) is 2. The Morgan fingerprint density at radius 1 is 0.926 bits per heavy atom. The Morgan fingerprint density at radius 3 is 2.04 bits per heavy atom. The molecule has 0 spiro atoms. The molecule has 0 heterocycles. The minimum Gasteiger partial charge on any atom is -0.326 e. The number of aryl methyl sites for hydroxylation is 1. The zero-order valence-electron chi connectivity index (χ0n) is 14.5. The molecule has 0 unspecified atom stereocenters. The summed E-state index contributed by atoms with van der Waals surface area (Å²) in [6, 6.07) is 21.7. The number of nitro benzene ring substituents is 1. The molecule has 0 saturated carbocycles. The van der Waals surface area contributed by atoms with Crippen molar-refractivity contribution in [2.75, 3.05) is 10.6 Å². The third kappa shape index (κ3) is 5.15. The van der Waals surface area contributed by atoms with E-state index in [-0.39, 0.29) is 5.69 Å². The van der Waals surface area contributed by atoms with E-state index in [0.717, 1.165) is 21.4 Å². The van der Waals surface area contributed by atoms with E-state index < -0.39 is 4.92 Å². The van der Waals surface area contributed by atoms with Crippen molar-refractivity contribution in [2.24, 2.45) is 4.99 Å². The van der Waals surface area contributed by atoms with Crippen molar-refractivity contribution in [3.8, 4) is 0 Å². The molecule has 3 aromatic rings. The third-order valence-corrected chi connectivity index (χ3v) is 4.41. The van der Waals surface area contributed by atoms with Gasteiger partial charge in [0.05, 0.1) is 10.6 Å². The van der Waals surface area contributed by atoms with E-state index in [1.165, 1.54) is 12.1 Å². The monoisotopic (exact) mass is 424 g/mol. The molecular formula is C20H17BrN4O2. The zero-order chi connectivity index (χ0) is 19.2. The molecule has 0 fully saturated rings. The molecule has 0 aromatic heterocycles. The number of aliphatic imine (C=N–C) groups is 1. The molecule has 0 saturated heterocycles. The number of rotatable bonds is 4. The highest BCUT2D eigenvalue weighted by molar-refractivity contribution is 9.10. The van der Waals surface area contributed by atoms with Crippen molar-refractivity contribution in [1.82, 2.24) is 0 Å². The van der Waals surface area contributed by atoms with Gasteiger partial charge in [-0.15, -0.1) is 0 Å². The molecule has 0 aliphatic rings. The SMILES string of the molecule is Cc1ccc(NC(=Nc2ccccc2Br)Nc2ccc([N+](=O)[O-])cc2)cc1. The average molecular weight is 425 g/mol. The molecule has 0 bridgehead atoms. The number of non-ortho nitro benzene ring substituents is 1. The number of nitrogens with one attached hydrogen (secondary N) is 2.